The summed E-state index contributed by atoms with van der Waals surface area (Å²) in [7, 11) is 0. The van der Waals surface area contributed by atoms with Crippen LogP contribution >= 0.6 is 0 Å². The van der Waals surface area contributed by atoms with Gasteiger partial charge in [0.2, 0.25) is 11.8 Å². The molecule has 0 aromatic heterocycles. The van der Waals surface area contributed by atoms with E-state index in [1.165, 1.54) is 0 Å². The van der Waals surface area contributed by atoms with E-state index in [9.17, 15) is 14.4 Å². The Morgan fingerprint density at radius 2 is 1.89 bits per heavy atom. The van der Waals surface area contributed by atoms with Gasteiger partial charge in [-0.25, -0.2) is 4.79 Å². The van der Waals surface area contributed by atoms with E-state index in [4.69, 9.17) is 4.74 Å². The maximum Gasteiger partial charge on any atom is 0.327 e. The van der Waals surface area contributed by atoms with Crippen LogP contribution < -0.4 is 5.32 Å². The van der Waals surface area contributed by atoms with E-state index < -0.39 is 11.5 Å². The summed E-state index contributed by atoms with van der Waals surface area (Å²) in [6.45, 7) is 7.44. The average Bonchev–Trinajstić information content (AvgIpc) is 2.60. The second-order valence-electron chi connectivity index (χ2n) is 5.23. The van der Waals surface area contributed by atoms with Gasteiger partial charge in [-0.1, -0.05) is 0 Å². The molecule has 2 amide bonds. The van der Waals surface area contributed by atoms with Gasteiger partial charge >= 0.3 is 5.97 Å². The highest BCUT2D eigenvalue weighted by molar-refractivity contribution is 6.02. The molecule has 1 unspecified atom stereocenters. The van der Waals surface area contributed by atoms with Crippen LogP contribution in [0.25, 0.3) is 0 Å². The van der Waals surface area contributed by atoms with E-state index in [0.29, 0.717) is 0 Å². The molecule has 1 saturated heterocycles. The van der Waals surface area contributed by atoms with E-state index in [0.717, 1.165) is 4.90 Å². The number of nitrogens with one attached hydrogen (secondary N) is 1. The fraction of sp³-hybridized carbons (Fsp3) is 0.769. The largest absolute Gasteiger partial charge is 0.465 e. The minimum Gasteiger partial charge on any atom is -0.465 e. The van der Waals surface area contributed by atoms with Gasteiger partial charge in [-0.05, 0) is 27.7 Å². The Morgan fingerprint density at radius 1 is 1.37 bits per heavy atom. The zero-order valence-corrected chi connectivity index (χ0v) is 12.0. The number of nitrogens with zero attached hydrogens (tertiary/aromatic N) is 1. The van der Waals surface area contributed by atoms with E-state index >= 15 is 0 Å². The maximum atomic E-state index is 12.1. The van der Waals surface area contributed by atoms with Crippen LogP contribution in [0.4, 0.5) is 0 Å². The molecule has 0 bridgehead atoms. The topological polar surface area (TPSA) is 75.7 Å². The highest BCUT2D eigenvalue weighted by atomic mass is 16.5. The van der Waals surface area contributed by atoms with Crippen LogP contribution in [0, 0.1) is 0 Å². The van der Waals surface area contributed by atoms with Crippen LogP contribution in [0.3, 0.4) is 0 Å². The van der Waals surface area contributed by atoms with Gasteiger partial charge in [-0.3, -0.25) is 19.8 Å². The molecule has 1 atom stereocenters. The van der Waals surface area contributed by atoms with Gasteiger partial charge in [0.25, 0.3) is 0 Å². The lowest BCUT2D eigenvalue weighted by Gasteiger charge is -2.33. The number of hydrogen-bond donors (Lipinski definition) is 1. The number of esters is 1. The number of ether oxygens (including phenoxy) is 1. The molecule has 1 rings (SSSR count). The van der Waals surface area contributed by atoms with Gasteiger partial charge in [-0.15, -0.1) is 0 Å². The highest BCUT2D eigenvalue weighted by Gasteiger charge is 2.42. The summed E-state index contributed by atoms with van der Waals surface area (Å²) in [6.07, 6.45) is 0.443. The van der Waals surface area contributed by atoms with Crippen molar-refractivity contribution in [2.75, 3.05) is 13.2 Å². The molecule has 1 fully saturated rings. The molecule has 1 N–H and O–H groups in total. The summed E-state index contributed by atoms with van der Waals surface area (Å²) < 4.78 is 5.04. The first-order valence-electron chi connectivity index (χ1n) is 6.58. The van der Waals surface area contributed by atoms with Crippen LogP contribution in [0.5, 0.6) is 0 Å². The molecule has 19 heavy (non-hydrogen) atoms. The van der Waals surface area contributed by atoms with Crippen LogP contribution in [0.2, 0.25) is 0 Å². The Bertz CT molecular complexity index is 365. The Morgan fingerprint density at radius 3 is 2.32 bits per heavy atom. The zero-order valence-electron chi connectivity index (χ0n) is 12.0. The third kappa shape index (κ3) is 3.76. The molecule has 108 valence electrons. The summed E-state index contributed by atoms with van der Waals surface area (Å²) >= 11 is 0. The lowest BCUT2D eigenvalue weighted by molar-refractivity contribution is -0.153. The van der Waals surface area contributed by atoms with Gasteiger partial charge < -0.3 is 4.74 Å². The Labute approximate surface area is 113 Å². The fourth-order valence-electron chi connectivity index (χ4n) is 2.21. The third-order valence-electron chi connectivity index (χ3n) is 2.96. The molecule has 0 aromatic rings. The Kier molecular flexibility index (Phi) is 5.05. The van der Waals surface area contributed by atoms with Crippen LogP contribution in [0.15, 0.2) is 0 Å². The SMILES string of the molecule is CCOC(=O)C(C)(CN1C(=O)CCC1=O)NC(C)C. The minimum absolute atomic E-state index is 0.0156. The normalized spacial score (nSPS) is 18.9. The monoisotopic (exact) mass is 270 g/mol. The molecular formula is C13H22N2O4. The van der Waals surface area contributed by atoms with Crippen molar-refractivity contribution < 1.29 is 19.1 Å². The van der Waals surface area contributed by atoms with Crippen molar-refractivity contribution in [1.82, 2.24) is 10.2 Å². The van der Waals surface area contributed by atoms with E-state index in [2.05, 4.69) is 5.32 Å². The van der Waals surface area contributed by atoms with Crippen LogP contribution in [0.1, 0.15) is 40.5 Å². The summed E-state index contributed by atoms with van der Waals surface area (Å²) in [5.74, 6) is -0.909. The number of likely N-dealkylation sites (tertiary alicyclic amines) is 1. The molecule has 1 aliphatic rings. The summed E-state index contributed by atoms with van der Waals surface area (Å²) in [5, 5.41) is 3.09. The maximum absolute atomic E-state index is 12.1. The van der Waals surface area contributed by atoms with Crippen molar-refractivity contribution in [3.8, 4) is 0 Å². The molecule has 0 spiro atoms. The molecule has 0 saturated carbocycles. The molecule has 0 aromatic carbocycles. The van der Waals surface area contributed by atoms with E-state index in [-0.39, 0.29) is 43.8 Å². The number of amides is 2. The van der Waals surface area contributed by atoms with E-state index in [1.54, 1.807) is 13.8 Å². The van der Waals surface area contributed by atoms with Crippen LogP contribution in [-0.2, 0) is 19.1 Å². The summed E-state index contributed by atoms with van der Waals surface area (Å²) in [4.78, 5) is 36.5. The van der Waals surface area contributed by atoms with Crippen molar-refractivity contribution in [2.45, 2.75) is 52.1 Å². The molecule has 6 nitrogen and oxygen atoms in total. The molecule has 0 radical (unpaired) electrons. The lowest BCUT2D eigenvalue weighted by Crippen LogP contribution is -2.60. The third-order valence-corrected chi connectivity index (χ3v) is 2.96. The Hall–Kier alpha value is -1.43. The van der Waals surface area contributed by atoms with Crippen LogP contribution in [-0.4, -0.2) is 47.4 Å². The number of carbonyl (C=O) groups is 3. The minimum atomic E-state index is -1.07. The highest BCUT2D eigenvalue weighted by Crippen LogP contribution is 2.18. The Balaban J connectivity index is 2.87. The van der Waals surface area contributed by atoms with E-state index in [1.807, 2.05) is 13.8 Å². The first kappa shape index (κ1) is 15.6. The first-order valence-corrected chi connectivity index (χ1v) is 6.58. The van der Waals surface area contributed by atoms with Gasteiger partial charge in [0.1, 0.15) is 5.54 Å². The zero-order chi connectivity index (χ0) is 14.6. The second kappa shape index (κ2) is 6.14. The van der Waals surface area contributed by atoms with Crippen molar-refractivity contribution in [3.63, 3.8) is 0 Å². The molecule has 1 aliphatic heterocycles. The predicted octanol–water partition coefficient (Wildman–Crippen LogP) is 0.455. The predicted molar refractivity (Wildman–Crippen MR) is 69.3 cm³/mol. The van der Waals surface area contributed by atoms with Gasteiger partial charge in [-0.2, -0.15) is 0 Å². The molecular weight excluding hydrogens is 248 g/mol. The van der Waals surface area contributed by atoms with Crippen molar-refractivity contribution in [1.29, 1.82) is 0 Å². The number of rotatable bonds is 6. The number of hydrogen-bond acceptors (Lipinski definition) is 5. The van der Waals surface area contributed by atoms with Crippen molar-refractivity contribution >= 4 is 17.8 Å². The number of imide groups is 1. The molecule has 6 heteroatoms. The van der Waals surface area contributed by atoms with Crippen molar-refractivity contribution in [3.05, 3.63) is 0 Å². The van der Waals surface area contributed by atoms with Gasteiger partial charge in [0.15, 0.2) is 0 Å². The van der Waals surface area contributed by atoms with Gasteiger partial charge in [0.05, 0.1) is 13.2 Å². The smallest absolute Gasteiger partial charge is 0.327 e. The quantitative estimate of drug-likeness (QED) is 0.560. The lowest BCUT2D eigenvalue weighted by atomic mass is 10.0. The second-order valence-corrected chi connectivity index (χ2v) is 5.23. The average molecular weight is 270 g/mol. The first-order chi connectivity index (χ1) is 8.80. The van der Waals surface area contributed by atoms with Crippen molar-refractivity contribution in [2.24, 2.45) is 0 Å². The molecule has 0 aliphatic carbocycles. The fourth-order valence-corrected chi connectivity index (χ4v) is 2.21. The standard InChI is InChI=1S/C13H22N2O4/c1-5-19-12(18)13(4,14-9(2)3)8-15-10(16)6-7-11(15)17/h9,14H,5-8H2,1-4H3. The summed E-state index contributed by atoms with van der Waals surface area (Å²) in [5.41, 5.74) is -1.07. The number of carbonyl (C=O) groups excluding carboxylic acids is 3. The summed E-state index contributed by atoms with van der Waals surface area (Å²) in [6, 6.07) is 0.0298. The van der Waals surface area contributed by atoms with Gasteiger partial charge in [0, 0.05) is 18.9 Å². The molecule has 1 heterocycles.